The SMILES string of the molecule is O=C(Cc1ccccc1)C1=CCC(/C=C(\F)C(=O)NO)N1. The summed E-state index contributed by atoms with van der Waals surface area (Å²) in [5, 5.41) is 11.2. The molecular formula is C15H15FN2O3. The van der Waals surface area contributed by atoms with Crippen molar-refractivity contribution in [2.24, 2.45) is 0 Å². The van der Waals surface area contributed by atoms with Gasteiger partial charge in [0.25, 0.3) is 0 Å². The quantitative estimate of drug-likeness (QED) is 0.435. The van der Waals surface area contributed by atoms with E-state index in [0.29, 0.717) is 12.1 Å². The normalized spacial score (nSPS) is 17.9. The molecule has 1 amide bonds. The molecule has 3 N–H and O–H groups in total. The van der Waals surface area contributed by atoms with Gasteiger partial charge in [-0.25, -0.2) is 9.87 Å². The third-order valence-electron chi connectivity index (χ3n) is 3.09. The highest BCUT2D eigenvalue weighted by molar-refractivity contribution is 5.97. The zero-order valence-corrected chi connectivity index (χ0v) is 11.2. The summed E-state index contributed by atoms with van der Waals surface area (Å²) < 4.78 is 13.3. The predicted octanol–water partition coefficient (Wildman–Crippen LogP) is 1.40. The van der Waals surface area contributed by atoms with Crippen LogP contribution in [0.25, 0.3) is 0 Å². The Labute approximate surface area is 121 Å². The van der Waals surface area contributed by atoms with Crippen LogP contribution < -0.4 is 10.8 Å². The lowest BCUT2D eigenvalue weighted by Crippen LogP contribution is -2.27. The minimum Gasteiger partial charge on any atom is -0.376 e. The largest absolute Gasteiger partial charge is 0.376 e. The fourth-order valence-corrected chi connectivity index (χ4v) is 2.05. The van der Waals surface area contributed by atoms with Crippen molar-refractivity contribution in [1.82, 2.24) is 10.8 Å². The molecule has 2 rings (SSSR count). The van der Waals surface area contributed by atoms with Gasteiger partial charge in [0.2, 0.25) is 0 Å². The number of nitrogens with one attached hydrogen (secondary N) is 2. The molecule has 0 bridgehead atoms. The van der Waals surface area contributed by atoms with Gasteiger partial charge in [-0.05, 0) is 18.1 Å². The first-order valence-corrected chi connectivity index (χ1v) is 6.45. The van der Waals surface area contributed by atoms with E-state index in [2.05, 4.69) is 5.32 Å². The van der Waals surface area contributed by atoms with Crippen LogP contribution in [-0.2, 0) is 16.0 Å². The number of halogens is 1. The first-order valence-electron chi connectivity index (χ1n) is 6.45. The number of carbonyl (C=O) groups excluding carboxylic acids is 2. The van der Waals surface area contributed by atoms with Crippen LogP contribution in [0.1, 0.15) is 12.0 Å². The van der Waals surface area contributed by atoms with Crippen LogP contribution >= 0.6 is 0 Å². The van der Waals surface area contributed by atoms with Crippen molar-refractivity contribution in [2.45, 2.75) is 18.9 Å². The van der Waals surface area contributed by atoms with Crippen LogP contribution in [0.2, 0.25) is 0 Å². The van der Waals surface area contributed by atoms with Gasteiger partial charge in [0.15, 0.2) is 11.6 Å². The maximum atomic E-state index is 13.3. The second-order valence-corrected chi connectivity index (χ2v) is 4.65. The van der Waals surface area contributed by atoms with E-state index in [4.69, 9.17) is 5.21 Å². The van der Waals surface area contributed by atoms with Crippen molar-refractivity contribution in [2.75, 3.05) is 0 Å². The summed E-state index contributed by atoms with van der Waals surface area (Å²) in [7, 11) is 0. The Morgan fingerprint density at radius 1 is 1.38 bits per heavy atom. The van der Waals surface area contributed by atoms with E-state index >= 15 is 0 Å². The van der Waals surface area contributed by atoms with E-state index in [1.807, 2.05) is 30.3 Å². The third kappa shape index (κ3) is 4.00. The molecule has 0 spiro atoms. The van der Waals surface area contributed by atoms with Crippen LogP contribution in [-0.4, -0.2) is 22.9 Å². The second kappa shape index (κ2) is 6.81. The van der Waals surface area contributed by atoms with Crippen molar-refractivity contribution in [3.63, 3.8) is 0 Å². The highest BCUT2D eigenvalue weighted by Crippen LogP contribution is 2.15. The maximum Gasteiger partial charge on any atom is 0.303 e. The van der Waals surface area contributed by atoms with Crippen molar-refractivity contribution >= 4 is 11.7 Å². The Balaban J connectivity index is 1.93. The molecule has 0 saturated heterocycles. The number of hydrogen-bond acceptors (Lipinski definition) is 4. The molecule has 6 heteroatoms. The number of allylic oxidation sites excluding steroid dienone is 1. The monoisotopic (exact) mass is 290 g/mol. The molecule has 0 saturated carbocycles. The summed E-state index contributed by atoms with van der Waals surface area (Å²) in [5.74, 6) is -2.40. The Morgan fingerprint density at radius 3 is 2.76 bits per heavy atom. The van der Waals surface area contributed by atoms with Crippen LogP contribution in [0.5, 0.6) is 0 Å². The summed E-state index contributed by atoms with van der Waals surface area (Å²) in [6, 6.07) is 8.82. The molecule has 1 aliphatic rings. The van der Waals surface area contributed by atoms with E-state index in [0.717, 1.165) is 11.6 Å². The molecule has 1 aromatic rings. The van der Waals surface area contributed by atoms with E-state index in [1.54, 1.807) is 6.08 Å². The number of ketones is 1. The molecule has 1 atom stereocenters. The smallest absolute Gasteiger partial charge is 0.303 e. The summed E-state index contributed by atoms with van der Waals surface area (Å²) >= 11 is 0. The summed E-state index contributed by atoms with van der Waals surface area (Å²) in [5.41, 5.74) is 2.52. The van der Waals surface area contributed by atoms with Gasteiger partial charge >= 0.3 is 5.91 Å². The zero-order valence-electron chi connectivity index (χ0n) is 11.2. The van der Waals surface area contributed by atoms with Gasteiger partial charge in [0, 0.05) is 6.42 Å². The molecule has 0 fully saturated rings. The van der Waals surface area contributed by atoms with Crippen LogP contribution in [0.15, 0.2) is 54.0 Å². The Bertz CT molecular complexity index is 596. The minimum absolute atomic E-state index is 0.0934. The Kier molecular flexibility index (Phi) is 4.84. The molecule has 1 heterocycles. The fraction of sp³-hybridized carbons (Fsp3) is 0.200. The van der Waals surface area contributed by atoms with Crippen molar-refractivity contribution in [3.8, 4) is 0 Å². The summed E-state index contributed by atoms with van der Waals surface area (Å²) in [6.07, 6.45) is 3.37. The van der Waals surface area contributed by atoms with Crippen LogP contribution in [0.4, 0.5) is 4.39 Å². The lowest BCUT2D eigenvalue weighted by Gasteiger charge is -2.09. The molecule has 21 heavy (non-hydrogen) atoms. The summed E-state index contributed by atoms with van der Waals surface area (Å²) in [4.78, 5) is 22.9. The fourth-order valence-electron chi connectivity index (χ4n) is 2.05. The lowest BCUT2D eigenvalue weighted by atomic mass is 10.1. The van der Waals surface area contributed by atoms with Crippen LogP contribution in [0.3, 0.4) is 0 Å². The highest BCUT2D eigenvalue weighted by atomic mass is 19.1. The van der Waals surface area contributed by atoms with Gasteiger partial charge in [-0.1, -0.05) is 36.4 Å². The highest BCUT2D eigenvalue weighted by Gasteiger charge is 2.21. The van der Waals surface area contributed by atoms with Crippen molar-refractivity contribution in [3.05, 3.63) is 59.6 Å². The van der Waals surface area contributed by atoms with E-state index in [1.165, 1.54) is 5.48 Å². The first-order chi connectivity index (χ1) is 10.1. The Morgan fingerprint density at radius 2 is 2.10 bits per heavy atom. The molecule has 0 aliphatic carbocycles. The average Bonchev–Trinajstić information content (AvgIpc) is 2.96. The summed E-state index contributed by atoms with van der Waals surface area (Å²) in [6.45, 7) is 0. The number of rotatable bonds is 5. The molecule has 5 nitrogen and oxygen atoms in total. The maximum absolute atomic E-state index is 13.3. The molecule has 1 aliphatic heterocycles. The molecule has 1 unspecified atom stereocenters. The molecule has 110 valence electrons. The molecule has 1 aromatic carbocycles. The van der Waals surface area contributed by atoms with Gasteiger partial charge in [-0.2, -0.15) is 0 Å². The second-order valence-electron chi connectivity index (χ2n) is 4.65. The van der Waals surface area contributed by atoms with Gasteiger partial charge in [0.05, 0.1) is 11.7 Å². The van der Waals surface area contributed by atoms with Gasteiger partial charge in [-0.3, -0.25) is 14.8 Å². The van der Waals surface area contributed by atoms with Crippen LogP contribution in [0, 0.1) is 0 Å². The standard InChI is InChI=1S/C15H15FN2O3/c16-12(15(20)18-21)9-11-6-7-13(17-11)14(19)8-10-4-2-1-3-5-10/h1-5,7,9,11,17,21H,6,8H2,(H,18,20)/b12-9-. The van der Waals surface area contributed by atoms with E-state index < -0.39 is 17.8 Å². The molecule has 0 radical (unpaired) electrons. The first kappa shape index (κ1) is 14.9. The molecular weight excluding hydrogens is 275 g/mol. The number of Topliss-reactive ketones (excluding diaryl/α,β-unsaturated/α-hetero) is 1. The number of hydrogen-bond donors (Lipinski definition) is 3. The number of carbonyl (C=O) groups is 2. The van der Waals surface area contributed by atoms with Gasteiger partial charge < -0.3 is 5.32 Å². The number of benzene rings is 1. The predicted molar refractivity (Wildman–Crippen MR) is 73.9 cm³/mol. The van der Waals surface area contributed by atoms with Gasteiger partial charge in [-0.15, -0.1) is 0 Å². The number of hydroxylamine groups is 1. The average molecular weight is 290 g/mol. The number of amides is 1. The van der Waals surface area contributed by atoms with Crippen molar-refractivity contribution in [1.29, 1.82) is 0 Å². The topological polar surface area (TPSA) is 78.4 Å². The van der Waals surface area contributed by atoms with E-state index in [-0.39, 0.29) is 12.2 Å². The van der Waals surface area contributed by atoms with Gasteiger partial charge in [0.1, 0.15) is 0 Å². The zero-order chi connectivity index (χ0) is 15.2. The molecule has 0 aromatic heterocycles. The van der Waals surface area contributed by atoms with Crippen molar-refractivity contribution < 1.29 is 19.2 Å². The lowest BCUT2D eigenvalue weighted by molar-refractivity contribution is -0.126. The Hall–Kier alpha value is -2.47. The van der Waals surface area contributed by atoms with E-state index in [9.17, 15) is 14.0 Å². The minimum atomic E-state index is -1.21. The third-order valence-corrected chi connectivity index (χ3v) is 3.09.